The second kappa shape index (κ2) is 11.4. The van der Waals surface area contributed by atoms with Gasteiger partial charge in [0, 0.05) is 20.6 Å². The van der Waals surface area contributed by atoms with Gasteiger partial charge in [-0.2, -0.15) is 5.10 Å². The average molecular weight is 529 g/mol. The molecule has 0 aromatic heterocycles. The Hall–Kier alpha value is -3.49. The van der Waals surface area contributed by atoms with Gasteiger partial charge in [-0.05, 0) is 61.0 Å². The van der Waals surface area contributed by atoms with Gasteiger partial charge in [-0.1, -0.05) is 45.7 Å². The zero-order valence-corrected chi connectivity index (χ0v) is 19.8. The lowest BCUT2D eigenvalue weighted by atomic mass is 10.1. The fourth-order valence-electron chi connectivity index (χ4n) is 2.75. The first-order chi connectivity index (χ1) is 15.8. The zero-order valence-electron chi connectivity index (χ0n) is 17.5. The molecule has 0 fully saturated rings. The van der Waals surface area contributed by atoms with Crippen LogP contribution in [-0.4, -0.2) is 30.5 Å². The molecule has 0 bridgehead atoms. The monoisotopic (exact) mass is 527 g/mol. The largest absolute Gasteiger partial charge is 0.422 e. The summed E-state index contributed by atoms with van der Waals surface area (Å²) in [6, 6.07) is 18.4. The zero-order chi connectivity index (χ0) is 23.8. The highest BCUT2D eigenvalue weighted by Gasteiger charge is 2.13. The molecule has 7 nitrogen and oxygen atoms in total. The molecule has 33 heavy (non-hydrogen) atoms. The lowest BCUT2D eigenvalue weighted by Crippen LogP contribution is -2.34. The van der Waals surface area contributed by atoms with Crippen molar-refractivity contribution in [3.8, 4) is 5.75 Å². The summed E-state index contributed by atoms with van der Waals surface area (Å²) in [4.78, 5) is 36.6. The minimum Gasteiger partial charge on any atom is -0.422 e. The first-order valence-corrected chi connectivity index (χ1v) is 10.9. The number of aryl methyl sites for hydroxylation is 1. The number of halogens is 2. The van der Waals surface area contributed by atoms with E-state index < -0.39 is 17.8 Å². The lowest BCUT2D eigenvalue weighted by molar-refractivity contribution is -0.120. The Morgan fingerprint density at radius 3 is 2.52 bits per heavy atom. The molecule has 2 N–H and O–H groups in total. The maximum atomic E-state index is 12.5. The Morgan fingerprint density at radius 1 is 1.06 bits per heavy atom. The average Bonchev–Trinajstić information content (AvgIpc) is 2.80. The van der Waals surface area contributed by atoms with E-state index in [9.17, 15) is 14.4 Å². The van der Waals surface area contributed by atoms with Gasteiger partial charge in [-0.3, -0.25) is 9.59 Å². The number of nitrogens with zero attached hydrogens (tertiary/aromatic N) is 1. The van der Waals surface area contributed by atoms with Gasteiger partial charge in [0.2, 0.25) is 0 Å². The number of hydrogen-bond donors (Lipinski definition) is 2. The number of amides is 2. The van der Waals surface area contributed by atoms with Gasteiger partial charge >= 0.3 is 5.97 Å². The molecule has 0 atom stereocenters. The molecule has 3 rings (SSSR count). The van der Waals surface area contributed by atoms with Crippen molar-refractivity contribution in [3.63, 3.8) is 0 Å². The summed E-state index contributed by atoms with van der Waals surface area (Å²) < 4.78 is 6.27. The van der Waals surface area contributed by atoms with E-state index in [1.165, 1.54) is 6.21 Å². The first-order valence-electron chi connectivity index (χ1n) is 9.76. The summed E-state index contributed by atoms with van der Waals surface area (Å²) in [6.07, 6.45) is 1.35. The lowest BCUT2D eigenvalue weighted by Gasteiger charge is -2.09. The number of carbonyl (C=O) groups is 3. The van der Waals surface area contributed by atoms with E-state index in [0.29, 0.717) is 21.7 Å². The van der Waals surface area contributed by atoms with E-state index in [1.54, 1.807) is 54.6 Å². The number of hydrogen-bond acceptors (Lipinski definition) is 5. The predicted molar refractivity (Wildman–Crippen MR) is 130 cm³/mol. The van der Waals surface area contributed by atoms with Crippen molar-refractivity contribution in [3.05, 3.63) is 98.5 Å². The van der Waals surface area contributed by atoms with E-state index in [1.807, 2.05) is 19.1 Å². The number of esters is 1. The van der Waals surface area contributed by atoms with Crippen LogP contribution in [0.15, 0.2) is 76.3 Å². The van der Waals surface area contributed by atoms with E-state index in [2.05, 4.69) is 31.8 Å². The molecular formula is C24H19BrClN3O4. The topological polar surface area (TPSA) is 96.9 Å². The van der Waals surface area contributed by atoms with Crippen molar-refractivity contribution in [2.24, 2.45) is 5.10 Å². The van der Waals surface area contributed by atoms with Crippen molar-refractivity contribution in [1.29, 1.82) is 0 Å². The van der Waals surface area contributed by atoms with Gasteiger partial charge in [0.15, 0.2) is 0 Å². The summed E-state index contributed by atoms with van der Waals surface area (Å²) in [7, 11) is 0. The van der Waals surface area contributed by atoms with Crippen LogP contribution in [0.1, 0.15) is 31.8 Å². The van der Waals surface area contributed by atoms with Gasteiger partial charge < -0.3 is 10.1 Å². The van der Waals surface area contributed by atoms with Crippen LogP contribution in [0.4, 0.5) is 0 Å². The molecule has 0 unspecified atom stereocenters. The van der Waals surface area contributed by atoms with Crippen LogP contribution in [0.2, 0.25) is 5.02 Å². The maximum Gasteiger partial charge on any atom is 0.343 e. The van der Waals surface area contributed by atoms with Gasteiger partial charge in [0.25, 0.3) is 11.8 Å². The van der Waals surface area contributed by atoms with Crippen molar-refractivity contribution < 1.29 is 19.1 Å². The summed E-state index contributed by atoms with van der Waals surface area (Å²) in [5.74, 6) is -1.16. The van der Waals surface area contributed by atoms with Crippen LogP contribution in [0, 0.1) is 6.92 Å². The number of carbonyl (C=O) groups excluding carboxylic acids is 3. The number of hydrazone groups is 1. The second-order valence-corrected chi connectivity index (χ2v) is 8.22. The van der Waals surface area contributed by atoms with Crippen LogP contribution >= 0.6 is 27.5 Å². The van der Waals surface area contributed by atoms with E-state index in [4.69, 9.17) is 16.3 Å². The number of benzene rings is 3. The fourth-order valence-corrected chi connectivity index (χ4v) is 3.25. The quantitative estimate of drug-likeness (QED) is 0.204. The molecule has 0 aliphatic carbocycles. The van der Waals surface area contributed by atoms with Crippen molar-refractivity contribution in [2.75, 3.05) is 6.54 Å². The van der Waals surface area contributed by atoms with Crippen LogP contribution in [0.5, 0.6) is 5.75 Å². The second-order valence-electron chi connectivity index (χ2n) is 6.87. The van der Waals surface area contributed by atoms with Crippen LogP contribution in [-0.2, 0) is 4.79 Å². The van der Waals surface area contributed by atoms with Gasteiger partial charge in [0.05, 0.1) is 18.3 Å². The normalized spacial score (nSPS) is 10.6. The highest BCUT2D eigenvalue weighted by Crippen LogP contribution is 2.23. The van der Waals surface area contributed by atoms with Crippen molar-refractivity contribution >= 4 is 51.5 Å². The summed E-state index contributed by atoms with van der Waals surface area (Å²) in [5, 5.41) is 6.90. The number of rotatable bonds is 7. The van der Waals surface area contributed by atoms with Crippen LogP contribution in [0.3, 0.4) is 0 Å². The molecule has 168 valence electrons. The molecule has 0 heterocycles. The molecule has 3 aromatic rings. The molecule has 3 aromatic carbocycles. The van der Waals surface area contributed by atoms with Crippen molar-refractivity contribution in [1.82, 2.24) is 10.7 Å². The number of ether oxygens (including phenoxy) is 1. The van der Waals surface area contributed by atoms with E-state index in [0.717, 1.165) is 10.0 Å². The van der Waals surface area contributed by atoms with E-state index in [-0.39, 0.29) is 12.3 Å². The fraction of sp³-hybridized carbons (Fsp3) is 0.0833. The predicted octanol–water partition coefficient (Wildman–Crippen LogP) is 4.51. The molecule has 0 aliphatic rings. The third-order valence-corrected chi connectivity index (χ3v) is 5.19. The Labute approximate surface area is 203 Å². The van der Waals surface area contributed by atoms with Gasteiger partial charge in [0.1, 0.15) is 5.75 Å². The molecule has 0 saturated heterocycles. The van der Waals surface area contributed by atoms with Gasteiger partial charge in [-0.15, -0.1) is 0 Å². The number of nitrogens with one attached hydrogen (secondary N) is 2. The Morgan fingerprint density at radius 2 is 1.79 bits per heavy atom. The third kappa shape index (κ3) is 7.00. The highest BCUT2D eigenvalue weighted by atomic mass is 79.9. The van der Waals surface area contributed by atoms with Crippen LogP contribution in [0.25, 0.3) is 0 Å². The Kier molecular flexibility index (Phi) is 8.34. The summed E-state index contributed by atoms with van der Waals surface area (Å²) >= 11 is 9.16. The maximum absolute atomic E-state index is 12.5. The van der Waals surface area contributed by atoms with Gasteiger partial charge in [-0.25, -0.2) is 10.2 Å². The Balaban J connectivity index is 1.60. The van der Waals surface area contributed by atoms with E-state index >= 15 is 0 Å². The third-order valence-electron chi connectivity index (χ3n) is 4.45. The standard InChI is InChI=1S/C24H19BrClN3O4/c1-15-4-2-3-5-20(15)24(32)33-21-11-8-18(25)12-17(21)13-28-29-22(30)14-27-23(31)16-6-9-19(26)10-7-16/h2-13H,14H2,1H3,(H,27,31)(H,29,30). The first kappa shape index (κ1) is 24.2. The summed E-state index contributed by atoms with van der Waals surface area (Å²) in [5.41, 5.74) is 4.42. The summed E-state index contributed by atoms with van der Waals surface area (Å²) in [6.45, 7) is 1.55. The smallest absolute Gasteiger partial charge is 0.343 e. The minimum atomic E-state index is -0.526. The molecule has 2 amide bonds. The molecule has 9 heteroatoms. The molecular weight excluding hydrogens is 510 g/mol. The molecule has 0 saturated carbocycles. The molecule has 0 radical (unpaired) electrons. The molecule has 0 aliphatic heterocycles. The van der Waals surface area contributed by atoms with Crippen LogP contribution < -0.4 is 15.5 Å². The molecule has 0 spiro atoms. The SMILES string of the molecule is Cc1ccccc1C(=O)Oc1ccc(Br)cc1C=NNC(=O)CNC(=O)c1ccc(Cl)cc1. The highest BCUT2D eigenvalue weighted by molar-refractivity contribution is 9.10. The Bertz CT molecular complexity index is 1210. The van der Waals surface area contributed by atoms with Crippen molar-refractivity contribution in [2.45, 2.75) is 6.92 Å². The minimum absolute atomic E-state index is 0.271.